The van der Waals surface area contributed by atoms with Gasteiger partial charge in [0, 0.05) is 13.0 Å². The number of carbonyl (C=O) groups is 1. The van der Waals surface area contributed by atoms with E-state index >= 15 is 0 Å². The molecule has 2 aromatic rings. The lowest BCUT2D eigenvalue weighted by molar-refractivity contribution is -0.132. The minimum Gasteiger partial charge on any atom is -0.508 e. The fourth-order valence-electron chi connectivity index (χ4n) is 3.40. The van der Waals surface area contributed by atoms with Gasteiger partial charge in [-0.15, -0.1) is 0 Å². The van der Waals surface area contributed by atoms with E-state index in [1.165, 1.54) is 12.1 Å². The van der Waals surface area contributed by atoms with Crippen LogP contribution in [0.5, 0.6) is 5.75 Å². The quantitative estimate of drug-likeness (QED) is 0.905. The lowest BCUT2D eigenvalue weighted by atomic mass is 9.96. The first-order valence-corrected chi connectivity index (χ1v) is 8.38. The predicted molar refractivity (Wildman–Crippen MR) is 91.2 cm³/mol. The molecule has 4 heteroatoms. The SMILES string of the molecule is C[C@H](CC(=O)N1CCC[C@@H]1c1ccc(O)cc1)c1ccc(F)cc1. The summed E-state index contributed by atoms with van der Waals surface area (Å²) in [5, 5.41) is 9.43. The van der Waals surface area contributed by atoms with E-state index in [2.05, 4.69) is 0 Å². The Morgan fingerprint density at radius 3 is 2.54 bits per heavy atom. The molecular weight excluding hydrogens is 305 g/mol. The second kappa shape index (κ2) is 7.04. The first-order valence-electron chi connectivity index (χ1n) is 8.38. The van der Waals surface area contributed by atoms with E-state index in [4.69, 9.17) is 0 Å². The van der Waals surface area contributed by atoms with Gasteiger partial charge in [-0.05, 0) is 54.2 Å². The van der Waals surface area contributed by atoms with E-state index in [0.717, 1.165) is 30.5 Å². The van der Waals surface area contributed by atoms with Crippen LogP contribution in [0, 0.1) is 5.82 Å². The highest BCUT2D eigenvalue weighted by Crippen LogP contribution is 2.34. The van der Waals surface area contributed by atoms with Gasteiger partial charge in [-0.25, -0.2) is 4.39 Å². The first-order chi connectivity index (χ1) is 11.5. The zero-order valence-corrected chi connectivity index (χ0v) is 13.8. The molecule has 0 aliphatic carbocycles. The van der Waals surface area contributed by atoms with Gasteiger partial charge in [-0.1, -0.05) is 31.2 Å². The Kier molecular flexibility index (Phi) is 4.84. The molecular formula is C20H22FNO2. The van der Waals surface area contributed by atoms with Gasteiger partial charge < -0.3 is 10.0 Å². The molecule has 1 amide bonds. The van der Waals surface area contributed by atoms with Crippen LogP contribution in [0.2, 0.25) is 0 Å². The van der Waals surface area contributed by atoms with Gasteiger partial charge in [-0.2, -0.15) is 0 Å². The third-order valence-electron chi connectivity index (χ3n) is 4.77. The van der Waals surface area contributed by atoms with Crippen LogP contribution in [0.25, 0.3) is 0 Å². The summed E-state index contributed by atoms with van der Waals surface area (Å²) in [7, 11) is 0. The molecule has 0 saturated carbocycles. The van der Waals surface area contributed by atoms with Crippen LogP contribution in [-0.4, -0.2) is 22.5 Å². The highest BCUT2D eigenvalue weighted by Gasteiger charge is 2.30. The van der Waals surface area contributed by atoms with Crippen molar-refractivity contribution in [2.75, 3.05) is 6.54 Å². The molecule has 1 N–H and O–H groups in total. The number of rotatable bonds is 4. The molecule has 1 aliphatic heterocycles. The first kappa shape index (κ1) is 16.5. The highest BCUT2D eigenvalue weighted by atomic mass is 19.1. The number of benzene rings is 2. The van der Waals surface area contributed by atoms with Crippen LogP contribution in [0.4, 0.5) is 4.39 Å². The maximum absolute atomic E-state index is 13.0. The summed E-state index contributed by atoms with van der Waals surface area (Å²) in [5.41, 5.74) is 2.04. The second-order valence-electron chi connectivity index (χ2n) is 6.49. The molecule has 0 radical (unpaired) electrons. The number of phenolic OH excluding ortho intramolecular Hbond substituents is 1. The molecule has 0 bridgehead atoms. The molecule has 2 atom stereocenters. The van der Waals surface area contributed by atoms with Gasteiger partial charge in [0.2, 0.25) is 5.91 Å². The monoisotopic (exact) mass is 327 g/mol. The molecule has 126 valence electrons. The van der Waals surface area contributed by atoms with E-state index in [1.807, 2.05) is 24.0 Å². The van der Waals surface area contributed by atoms with Gasteiger partial charge in [0.25, 0.3) is 0 Å². The zero-order valence-electron chi connectivity index (χ0n) is 13.8. The van der Waals surface area contributed by atoms with Crippen molar-refractivity contribution in [3.63, 3.8) is 0 Å². The fourth-order valence-corrected chi connectivity index (χ4v) is 3.40. The summed E-state index contributed by atoms with van der Waals surface area (Å²) in [6, 6.07) is 13.5. The van der Waals surface area contributed by atoms with Crippen LogP contribution in [0.1, 0.15) is 49.3 Å². The number of carbonyl (C=O) groups excluding carboxylic acids is 1. The molecule has 3 rings (SSSR count). The Morgan fingerprint density at radius 1 is 1.21 bits per heavy atom. The van der Waals surface area contributed by atoms with Crippen molar-refractivity contribution >= 4 is 5.91 Å². The third kappa shape index (κ3) is 3.58. The summed E-state index contributed by atoms with van der Waals surface area (Å²) in [6.07, 6.45) is 2.35. The third-order valence-corrected chi connectivity index (χ3v) is 4.77. The normalized spacial score (nSPS) is 18.6. The van der Waals surface area contributed by atoms with E-state index in [0.29, 0.717) is 6.42 Å². The smallest absolute Gasteiger partial charge is 0.223 e. The Bertz CT molecular complexity index is 697. The van der Waals surface area contributed by atoms with E-state index in [-0.39, 0.29) is 29.4 Å². The second-order valence-corrected chi connectivity index (χ2v) is 6.49. The summed E-state index contributed by atoms with van der Waals surface area (Å²) < 4.78 is 13.0. The van der Waals surface area contributed by atoms with Crippen LogP contribution in [0.3, 0.4) is 0 Å². The molecule has 0 aromatic heterocycles. The van der Waals surface area contributed by atoms with Gasteiger partial charge in [0.15, 0.2) is 0 Å². The molecule has 3 nitrogen and oxygen atoms in total. The van der Waals surface area contributed by atoms with Gasteiger partial charge in [0.05, 0.1) is 6.04 Å². The largest absolute Gasteiger partial charge is 0.508 e. The molecule has 1 aliphatic rings. The summed E-state index contributed by atoms with van der Waals surface area (Å²) >= 11 is 0. The van der Waals surface area contributed by atoms with Gasteiger partial charge in [-0.3, -0.25) is 4.79 Å². The van der Waals surface area contributed by atoms with E-state index < -0.39 is 0 Å². The number of phenols is 1. The molecule has 0 spiro atoms. The molecule has 24 heavy (non-hydrogen) atoms. The van der Waals surface area contributed by atoms with Crippen LogP contribution >= 0.6 is 0 Å². The lowest BCUT2D eigenvalue weighted by Crippen LogP contribution is -2.31. The van der Waals surface area contributed by atoms with Gasteiger partial charge in [0.1, 0.15) is 11.6 Å². The Labute approximate surface area is 141 Å². The maximum atomic E-state index is 13.0. The maximum Gasteiger partial charge on any atom is 0.223 e. The number of amides is 1. The number of halogens is 1. The van der Waals surface area contributed by atoms with E-state index in [1.54, 1.807) is 24.3 Å². The zero-order chi connectivity index (χ0) is 17.1. The minimum absolute atomic E-state index is 0.0548. The standard InChI is InChI=1S/C20H22FNO2/c1-14(15-4-8-17(21)9-5-15)13-20(24)22-12-2-3-19(22)16-6-10-18(23)11-7-16/h4-11,14,19,23H,2-3,12-13H2,1H3/t14-,19-/m1/s1. The van der Waals surface area contributed by atoms with Crippen molar-refractivity contribution in [1.82, 2.24) is 4.90 Å². The Morgan fingerprint density at radius 2 is 1.88 bits per heavy atom. The summed E-state index contributed by atoms with van der Waals surface area (Å²) in [6.45, 7) is 2.76. The average molecular weight is 327 g/mol. The number of hydrogen-bond acceptors (Lipinski definition) is 2. The van der Waals surface area contributed by atoms with Crippen molar-refractivity contribution < 1.29 is 14.3 Å². The van der Waals surface area contributed by atoms with Crippen molar-refractivity contribution in [2.24, 2.45) is 0 Å². The fraction of sp³-hybridized carbons (Fsp3) is 0.350. The van der Waals surface area contributed by atoms with Crippen LogP contribution < -0.4 is 0 Å². The van der Waals surface area contributed by atoms with Gasteiger partial charge >= 0.3 is 0 Å². The topological polar surface area (TPSA) is 40.5 Å². The number of nitrogens with zero attached hydrogens (tertiary/aromatic N) is 1. The molecule has 0 unspecified atom stereocenters. The molecule has 1 heterocycles. The van der Waals surface area contributed by atoms with E-state index in [9.17, 15) is 14.3 Å². The number of aromatic hydroxyl groups is 1. The summed E-state index contributed by atoms with van der Waals surface area (Å²) in [4.78, 5) is 14.7. The lowest BCUT2D eigenvalue weighted by Gasteiger charge is -2.26. The molecule has 2 aromatic carbocycles. The van der Waals surface area contributed by atoms with Crippen LogP contribution in [0.15, 0.2) is 48.5 Å². The predicted octanol–water partition coefficient (Wildman–Crippen LogP) is 4.39. The van der Waals surface area contributed by atoms with Crippen LogP contribution in [-0.2, 0) is 4.79 Å². The molecule has 1 saturated heterocycles. The average Bonchev–Trinajstić information content (AvgIpc) is 3.06. The minimum atomic E-state index is -0.260. The Balaban J connectivity index is 1.69. The number of hydrogen-bond donors (Lipinski definition) is 1. The summed E-state index contributed by atoms with van der Waals surface area (Å²) in [5.74, 6) is 0.158. The highest BCUT2D eigenvalue weighted by molar-refractivity contribution is 5.78. The Hall–Kier alpha value is -2.36. The number of likely N-dealkylation sites (tertiary alicyclic amines) is 1. The van der Waals surface area contributed by atoms with Crippen molar-refractivity contribution in [3.05, 3.63) is 65.5 Å². The molecule has 1 fully saturated rings. The van der Waals surface area contributed by atoms with Crippen molar-refractivity contribution in [3.8, 4) is 5.75 Å². The van der Waals surface area contributed by atoms with Crippen molar-refractivity contribution in [1.29, 1.82) is 0 Å². The van der Waals surface area contributed by atoms with Crippen molar-refractivity contribution in [2.45, 2.75) is 38.1 Å².